The zero-order valence-corrected chi connectivity index (χ0v) is 12.9. The van der Waals surface area contributed by atoms with Crippen molar-refractivity contribution in [3.05, 3.63) is 34.9 Å². The lowest BCUT2D eigenvalue weighted by Crippen LogP contribution is -2.13. The second-order valence-corrected chi connectivity index (χ2v) is 5.20. The molecule has 0 heterocycles. The molecule has 0 radical (unpaired) electrons. The lowest BCUT2D eigenvalue weighted by atomic mass is 10.1. The van der Waals surface area contributed by atoms with E-state index >= 15 is 0 Å². The van der Waals surface area contributed by atoms with E-state index in [4.69, 9.17) is 9.47 Å². The predicted octanol–water partition coefficient (Wildman–Crippen LogP) is 3.94. The molecule has 0 aromatic heterocycles. The number of esters is 1. The maximum absolute atomic E-state index is 11.5. The molecule has 0 aliphatic rings. The Morgan fingerprint density at radius 2 is 1.95 bits per heavy atom. The third kappa shape index (κ3) is 6.71. The number of hydrogen-bond donors (Lipinski definition) is 0. The molecule has 3 heteroatoms. The number of carbonyl (C=O) groups is 1. The molecule has 112 valence electrons. The van der Waals surface area contributed by atoms with E-state index in [1.807, 2.05) is 6.07 Å². The van der Waals surface area contributed by atoms with Crippen LogP contribution in [0.15, 0.2) is 18.2 Å². The Morgan fingerprint density at radius 1 is 1.15 bits per heavy atom. The maximum Gasteiger partial charge on any atom is 0.332 e. The first-order valence-electron chi connectivity index (χ1n) is 7.43. The minimum atomic E-state index is -0.272. The van der Waals surface area contributed by atoms with Crippen molar-refractivity contribution in [3.8, 4) is 0 Å². The molecule has 1 rings (SSSR count). The standard InChI is InChI=1S/C17H26O3/c1-4-5-6-7-10-20-17(18)13-19-12-16-9-8-14(2)11-15(16)3/h8-9,11H,4-7,10,12-13H2,1-3H3. The van der Waals surface area contributed by atoms with Crippen molar-refractivity contribution in [2.24, 2.45) is 0 Å². The van der Waals surface area contributed by atoms with Gasteiger partial charge in [0, 0.05) is 0 Å². The Balaban J connectivity index is 2.15. The first-order chi connectivity index (χ1) is 9.63. The molecule has 0 N–H and O–H groups in total. The van der Waals surface area contributed by atoms with Crippen LogP contribution in [0.4, 0.5) is 0 Å². The van der Waals surface area contributed by atoms with Crippen LogP contribution in [0, 0.1) is 13.8 Å². The van der Waals surface area contributed by atoms with Gasteiger partial charge in [0.05, 0.1) is 13.2 Å². The minimum absolute atomic E-state index is 0.0289. The van der Waals surface area contributed by atoms with Gasteiger partial charge in [-0.05, 0) is 31.4 Å². The Morgan fingerprint density at radius 3 is 2.65 bits per heavy atom. The summed E-state index contributed by atoms with van der Waals surface area (Å²) in [5.41, 5.74) is 3.54. The fourth-order valence-corrected chi connectivity index (χ4v) is 2.01. The van der Waals surface area contributed by atoms with Crippen LogP contribution in [0.3, 0.4) is 0 Å². The van der Waals surface area contributed by atoms with Gasteiger partial charge in [0.2, 0.25) is 0 Å². The molecule has 0 aliphatic carbocycles. The predicted molar refractivity (Wildman–Crippen MR) is 80.7 cm³/mol. The summed E-state index contributed by atoms with van der Waals surface area (Å²) in [5.74, 6) is -0.272. The zero-order valence-electron chi connectivity index (χ0n) is 12.9. The van der Waals surface area contributed by atoms with Crippen LogP contribution in [-0.2, 0) is 20.9 Å². The monoisotopic (exact) mass is 278 g/mol. The molecule has 0 saturated heterocycles. The summed E-state index contributed by atoms with van der Waals surface area (Å²) >= 11 is 0. The fraction of sp³-hybridized carbons (Fsp3) is 0.588. The molecule has 1 aromatic rings. The third-order valence-corrected chi connectivity index (χ3v) is 3.24. The molecule has 0 amide bonds. The number of ether oxygens (including phenoxy) is 2. The largest absolute Gasteiger partial charge is 0.464 e. The van der Waals surface area contributed by atoms with Crippen LogP contribution in [0.25, 0.3) is 0 Å². The summed E-state index contributed by atoms with van der Waals surface area (Å²) in [6.45, 7) is 7.27. The van der Waals surface area contributed by atoms with Gasteiger partial charge in [-0.3, -0.25) is 0 Å². The Kier molecular flexibility index (Phi) is 7.97. The smallest absolute Gasteiger partial charge is 0.332 e. The molecule has 3 nitrogen and oxygen atoms in total. The highest BCUT2D eigenvalue weighted by molar-refractivity contribution is 5.70. The van der Waals surface area contributed by atoms with Crippen molar-refractivity contribution in [2.45, 2.75) is 53.1 Å². The van der Waals surface area contributed by atoms with Crippen molar-refractivity contribution < 1.29 is 14.3 Å². The molecule has 0 bridgehead atoms. The minimum Gasteiger partial charge on any atom is -0.464 e. The quantitative estimate of drug-likeness (QED) is 0.507. The van der Waals surface area contributed by atoms with Crippen LogP contribution in [0.1, 0.15) is 49.3 Å². The number of carbonyl (C=O) groups excluding carboxylic acids is 1. The Labute approximate surface area is 122 Å². The van der Waals surface area contributed by atoms with Crippen LogP contribution >= 0.6 is 0 Å². The van der Waals surface area contributed by atoms with Gasteiger partial charge in [0.25, 0.3) is 0 Å². The van der Waals surface area contributed by atoms with Crippen molar-refractivity contribution in [3.63, 3.8) is 0 Å². The van der Waals surface area contributed by atoms with Crippen molar-refractivity contribution >= 4 is 5.97 Å². The second-order valence-electron chi connectivity index (χ2n) is 5.20. The lowest BCUT2D eigenvalue weighted by Gasteiger charge is -2.08. The van der Waals surface area contributed by atoms with Gasteiger partial charge in [0.1, 0.15) is 6.61 Å². The van der Waals surface area contributed by atoms with E-state index in [-0.39, 0.29) is 12.6 Å². The van der Waals surface area contributed by atoms with Gasteiger partial charge < -0.3 is 9.47 Å². The van der Waals surface area contributed by atoms with Gasteiger partial charge in [0.15, 0.2) is 0 Å². The van der Waals surface area contributed by atoms with E-state index < -0.39 is 0 Å². The van der Waals surface area contributed by atoms with Gasteiger partial charge >= 0.3 is 5.97 Å². The number of aryl methyl sites for hydroxylation is 2. The second kappa shape index (κ2) is 9.54. The van der Waals surface area contributed by atoms with Gasteiger partial charge in [-0.25, -0.2) is 4.79 Å². The third-order valence-electron chi connectivity index (χ3n) is 3.24. The summed E-state index contributed by atoms with van der Waals surface area (Å²) in [6, 6.07) is 6.21. The molecule has 0 aliphatic heterocycles. The average Bonchev–Trinajstić information content (AvgIpc) is 2.41. The van der Waals surface area contributed by atoms with Crippen LogP contribution < -0.4 is 0 Å². The molecular formula is C17H26O3. The topological polar surface area (TPSA) is 35.5 Å². The van der Waals surface area contributed by atoms with E-state index in [1.54, 1.807) is 0 Å². The van der Waals surface area contributed by atoms with Gasteiger partial charge in [-0.2, -0.15) is 0 Å². The van der Waals surface area contributed by atoms with E-state index in [2.05, 4.69) is 32.9 Å². The lowest BCUT2D eigenvalue weighted by molar-refractivity contribution is -0.149. The normalized spacial score (nSPS) is 10.6. The average molecular weight is 278 g/mol. The summed E-state index contributed by atoms with van der Waals surface area (Å²) in [4.78, 5) is 11.5. The zero-order chi connectivity index (χ0) is 14.8. The molecule has 0 atom stereocenters. The summed E-state index contributed by atoms with van der Waals surface area (Å²) in [6.07, 6.45) is 4.44. The molecule has 0 saturated carbocycles. The first kappa shape index (κ1) is 16.7. The number of unbranched alkanes of at least 4 members (excludes halogenated alkanes) is 3. The number of hydrogen-bond acceptors (Lipinski definition) is 3. The molecule has 0 unspecified atom stereocenters. The van der Waals surface area contributed by atoms with E-state index in [0.29, 0.717) is 13.2 Å². The highest BCUT2D eigenvalue weighted by atomic mass is 16.6. The fourth-order valence-electron chi connectivity index (χ4n) is 2.01. The molecule has 0 spiro atoms. The highest BCUT2D eigenvalue weighted by Crippen LogP contribution is 2.11. The van der Waals surface area contributed by atoms with Crippen molar-refractivity contribution in [1.82, 2.24) is 0 Å². The summed E-state index contributed by atoms with van der Waals surface area (Å²) in [7, 11) is 0. The van der Waals surface area contributed by atoms with Gasteiger partial charge in [-0.15, -0.1) is 0 Å². The molecule has 0 fully saturated rings. The molecule has 20 heavy (non-hydrogen) atoms. The first-order valence-corrected chi connectivity index (χ1v) is 7.43. The summed E-state index contributed by atoms with van der Waals surface area (Å²) < 4.78 is 10.5. The van der Waals surface area contributed by atoms with E-state index in [9.17, 15) is 4.79 Å². The van der Waals surface area contributed by atoms with Gasteiger partial charge in [-0.1, -0.05) is 49.9 Å². The van der Waals surface area contributed by atoms with Crippen LogP contribution in [0.2, 0.25) is 0 Å². The Hall–Kier alpha value is -1.35. The van der Waals surface area contributed by atoms with Crippen LogP contribution in [-0.4, -0.2) is 19.2 Å². The van der Waals surface area contributed by atoms with Crippen molar-refractivity contribution in [2.75, 3.05) is 13.2 Å². The van der Waals surface area contributed by atoms with Crippen LogP contribution in [0.5, 0.6) is 0 Å². The Bertz CT molecular complexity index is 413. The number of rotatable bonds is 9. The SMILES string of the molecule is CCCCCCOC(=O)COCc1ccc(C)cc1C. The van der Waals surface area contributed by atoms with E-state index in [1.165, 1.54) is 24.0 Å². The highest BCUT2D eigenvalue weighted by Gasteiger charge is 2.04. The van der Waals surface area contributed by atoms with E-state index in [0.717, 1.165) is 18.4 Å². The molecular weight excluding hydrogens is 252 g/mol. The maximum atomic E-state index is 11.5. The molecule has 1 aromatic carbocycles. The summed E-state index contributed by atoms with van der Waals surface area (Å²) in [5, 5.41) is 0. The number of benzene rings is 1. The van der Waals surface area contributed by atoms with Crippen molar-refractivity contribution in [1.29, 1.82) is 0 Å².